The fourth-order valence-electron chi connectivity index (χ4n) is 1.56. The van der Waals surface area contributed by atoms with Crippen LogP contribution >= 0.6 is 0 Å². The van der Waals surface area contributed by atoms with Gasteiger partial charge in [-0.15, -0.1) is 0 Å². The van der Waals surface area contributed by atoms with Crippen molar-refractivity contribution < 1.29 is 14.3 Å². The standard InChI is InChI=1S/C14H20N2O3/c1-4-5-8-15-13(17)14(18)16-11-9-10(2)6-7-12(11)19-3/h6-7,9H,4-5,8H2,1-3H3,(H,15,17)(H,16,18). The molecule has 0 heterocycles. The quantitative estimate of drug-likeness (QED) is 0.630. The van der Waals surface area contributed by atoms with Gasteiger partial charge in [-0.3, -0.25) is 9.59 Å². The molecule has 2 N–H and O–H groups in total. The Morgan fingerprint density at radius 3 is 2.63 bits per heavy atom. The average molecular weight is 264 g/mol. The third kappa shape index (κ3) is 4.62. The number of aryl methyl sites for hydroxylation is 1. The van der Waals surface area contributed by atoms with Gasteiger partial charge in [0.05, 0.1) is 12.8 Å². The molecule has 5 nitrogen and oxygen atoms in total. The molecule has 0 bridgehead atoms. The minimum atomic E-state index is -0.681. The Labute approximate surface area is 113 Å². The van der Waals surface area contributed by atoms with Gasteiger partial charge in [0.15, 0.2) is 0 Å². The van der Waals surface area contributed by atoms with Crippen LogP contribution < -0.4 is 15.4 Å². The van der Waals surface area contributed by atoms with Gasteiger partial charge in [0, 0.05) is 6.54 Å². The van der Waals surface area contributed by atoms with Gasteiger partial charge in [-0.1, -0.05) is 19.4 Å². The zero-order chi connectivity index (χ0) is 14.3. The van der Waals surface area contributed by atoms with Gasteiger partial charge >= 0.3 is 11.8 Å². The van der Waals surface area contributed by atoms with Gasteiger partial charge < -0.3 is 15.4 Å². The minimum Gasteiger partial charge on any atom is -0.495 e. The van der Waals surface area contributed by atoms with Crippen LogP contribution in [0.3, 0.4) is 0 Å². The molecule has 1 aromatic rings. The number of nitrogens with one attached hydrogen (secondary N) is 2. The summed E-state index contributed by atoms with van der Waals surface area (Å²) in [6.07, 6.45) is 1.82. The highest BCUT2D eigenvalue weighted by Crippen LogP contribution is 2.24. The Balaban J connectivity index is 2.65. The van der Waals surface area contributed by atoms with Gasteiger partial charge in [-0.2, -0.15) is 0 Å². The lowest BCUT2D eigenvalue weighted by molar-refractivity contribution is -0.136. The zero-order valence-corrected chi connectivity index (χ0v) is 11.6. The van der Waals surface area contributed by atoms with Crippen molar-refractivity contribution in [3.8, 4) is 5.75 Å². The summed E-state index contributed by atoms with van der Waals surface area (Å²) in [5.41, 5.74) is 1.47. The second kappa shape index (κ2) is 7.41. The first-order valence-electron chi connectivity index (χ1n) is 6.32. The third-order valence-corrected chi connectivity index (χ3v) is 2.63. The minimum absolute atomic E-state index is 0.498. The summed E-state index contributed by atoms with van der Waals surface area (Å²) in [6, 6.07) is 5.38. The Morgan fingerprint density at radius 2 is 2.00 bits per heavy atom. The van der Waals surface area contributed by atoms with Crippen molar-refractivity contribution in [3.63, 3.8) is 0 Å². The van der Waals surface area contributed by atoms with Crippen LogP contribution in [0, 0.1) is 6.92 Å². The predicted molar refractivity (Wildman–Crippen MR) is 74.3 cm³/mol. The van der Waals surface area contributed by atoms with Crippen LogP contribution in [-0.4, -0.2) is 25.5 Å². The smallest absolute Gasteiger partial charge is 0.313 e. The molecule has 0 atom stereocenters. The van der Waals surface area contributed by atoms with E-state index in [9.17, 15) is 9.59 Å². The molecule has 0 saturated heterocycles. The van der Waals surface area contributed by atoms with Crippen LogP contribution in [0.15, 0.2) is 18.2 Å². The topological polar surface area (TPSA) is 67.4 Å². The van der Waals surface area contributed by atoms with Gasteiger partial charge in [0.1, 0.15) is 5.75 Å². The van der Waals surface area contributed by atoms with E-state index < -0.39 is 11.8 Å². The number of rotatable bonds is 5. The van der Waals surface area contributed by atoms with Crippen molar-refractivity contribution >= 4 is 17.5 Å². The molecular weight excluding hydrogens is 244 g/mol. The van der Waals surface area contributed by atoms with Crippen molar-refractivity contribution in [1.29, 1.82) is 0 Å². The number of methoxy groups -OCH3 is 1. The summed E-state index contributed by atoms with van der Waals surface area (Å²) in [6.45, 7) is 4.42. The van der Waals surface area contributed by atoms with E-state index >= 15 is 0 Å². The lowest BCUT2D eigenvalue weighted by Gasteiger charge is -2.10. The zero-order valence-electron chi connectivity index (χ0n) is 11.6. The van der Waals surface area contributed by atoms with Crippen LogP contribution in [0.4, 0.5) is 5.69 Å². The van der Waals surface area contributed by atoms with E-state index in [4.69, 9.17) is 4.74 Å². The molecule has 0 saturated carbocycles. The first kappa shape index (κ1) is 15.0. The first-order chi connectivity index (χ1) is 9.08. The van der Waals surface area contributed by atoms with Crippen molar-refractivity contribution in [1.82, 2.24) is 5.32 Å². The van der Waals surface area contributed by atoms with Gasteiger partial charge in [0.25, 0.3) is 0 Å². The molecule has 0 radical (unpaired) electrons. The molecule has 1 rings (SSSR count). The molecule has 2 amide bonds. The number of carbonyl (C=O) groups excluding carboxylic acids is 2. The highest BCUT2D eigenvalue weighted by Gasteiger charge is 2.15. The molecule has 104 valence electrons. The number of hydrogen-bond acceptors (Lipinski definition) is 3. The number of amides is 2. The maximum absolute atomic E-state index is 11.7. The molecule has 0 aliphatic rings. The van der Waals surface area contributed by atoms with Crippen LogP contribution in [0.25, 0.3) is 0 Å². The van der Waals surface area contributed by atoms with Crippen molar-refractivity contribution in [2.24, 2.45) is 0 Å². The number of hydrogen-bond donors (Lipinski definition) is 2. The van der Waals surface area contributed by atoms with Crippen molar-refractivity contribution in [2.75, 3.05) is 19.0 Å². The van der Waals surface area contributed by atoms with Crippen LogP contribution in [0.2, 0.25) is 0 Å². The second-order valence-corrected chi connectivity index (χ2v) is 4.27. The second-order valence-electron chi connectivity index (χ2n) is 4.27. The largest absolute Gasteiger partial charge is 0.495 e. The Bertz CT molecular complexity index is 458. The number of anilines is 1. The van der Waals surface area contributed by atoms with Gasteiger partial charge in [-0.25, -0.2) is 0 Å². The van der Waals surface area contributed by atoms with E-state index in [-0.39, 0.29) is 0 Å². The van der Waals surface area contributed by atoms with E-state index in [1.54, 1.807) is 12.1 Å². The molecule has 0 spiro atoms. The Morgan fingerprint density at radius 1 is 1.26 bits per heavy atom. The Hall–Kier alpha value is -2.04. The van der Waals surface area contributed by atoms with Crippen LogP contribution in [0.5, 0.6) is 5.75 Å². The molecule has 0 aliphatic carbocycles. The molecule has 0 unspecified atom stereocenters. The van der Waals surface area contributed by atoms with E-state index in [0.29, 0.717) is 18.0 Å². The fourth-order valence-corrected chi connectivity index (χ4v) is 1.56. The summed E-state index contributed by atoms with van der Waals surface area (Å²) >= 11 is 0. The summed E-state index contributed by atoms with van der Waals surface area (Å²) in [7, 11) is 1.52. The van der Waals surface area contributed by atoms with Gasteiger partial charge in [0.2, 0.25) is 0 Å². The molecular formula is C14H20N2O3. The first-order valence-corrected chi connectivity index (χ1v) is 6.32. The van der Waals surface area contributed by atoms with Crippen LogP contribution in [-0.2, 0) is 9.59 Å². The van der Waals surface area contributed by atoms with E-state index in [2.05, 4.69) is 10.6 Å². The normalized spacial score (nSPS) is 9.84. The highest BCUT2D eigenvalue weighted by atomic mass is 16.5. The number of ether oxygens (including phenoxy) is 1. The molecule has 19 heavy (non-hydrogen) atoms. The molecule has 5 heteroatoms. The number of carbonyl (C=O) groups is 2. The lowest BCUT2D eigenvalue weighted by Crippen LogP contribution is -2.35. The monoisotopic (exact) mass is 264 g/mol. The fraction of sp³-hybridized carbons (Fsp3) is 0.429. The average Bonchev–Trinajstić information content (AvgIpc) is 2.39. The number of unbranched alkanes of at least 4 members (excludes halogenated alkanes) is 1. The summed E-state index contributed by atoms with van der Waals surface area (Å²) < 4.78 is 5.13. The van der Waals surface area contributed by atoms with E-state index in [1.165, 1.54) is 7.11 Å². The van der Waals surface area contributed by atoms with Gasteiger partial charge in [-0.05, 0) is 31.0 Å². The predicted octanol–water partition coefficient (Wildman–Crippen LogP) is 1.86. The molecule has 1 aromatic carbocycles. The molecule has 0 aliphatic heterocycles. The summed E-state index contributed by atoms with van der Waals surface area (Å²) in [5.74, 6) is -0.780. The van der Waals surface area contributed by atoms with E-state index in [0.717, 1.165) is 18.4 Å². The van der Waals surface area contributed by atoms with Crippen molar-refractivity contribution in [3.05, 3.63) is 23.8 Å². The SMILES string of the molecule is CCCCNC(=O)C(=O)Nc1cc(C)ccc1OC. The lowest BCUT2D eigenvalue weighted by atomic mass is 10.2. The Kier molecular flexibility index (Phi) is 5.85. The van der Waals surface area contributed by atoms with Crippen molar-refractivity contribution in [2.45, 2.75) is 26.7 Å². The third-order valence-electron chi connectivity index (χ3n) is 2.63. The molecule has 0 aromatic heterocycles. The number of benzene rings is 1. The highest BCUT2D eigenvalue weighted by molar-refractivity contribution is 6.39. The summed E-state index contributed by atoms with van der Waals surface area (Å²) in [5, 5.41) is 5.12. The maximum atomic E-state index is 11.7. The van der Waals surface area contributed by atoms with E-state index in [1.807, 2.05) is 19.9 Å². The summed E-state index contributed by atoms with van der Waals surface area (Å²) in [4.78, 5) is 23.3. The van der Waals surface area contributed by atoms with Crippen LogP contribution in [0.1, 0.15) is 25.3 Å². The maximum Gasteiger partial charge on any atom is 0.313 e. The molecule has 0 fully saturated rings.